The number of carbonyl (C=O) groups is 3. The fraction of sp³-hybridized carbons (Fsp3) is 0.208. The van der Waals surface area contributed by atoms with E-state index in [0.717, 1.165) is 10.3 Å². The SMILES string of the molecule is CC(C)CC(C(=O)Nc1ccc([N+](=O)[O-])cc1)N1C(=O)c2cccc3cccc(c23)C1=O. The molecule has 0 radical (unpaired) electrons. The minimum Gasteiger partial charge on any atom is -0.324 e. The number of non-ortho nitro benzene ring substituents is 1. The molecule has 4 rings (SSSR count). The molecule has 0 aliphatic carbocycles. The summed E-state index contributed by atoms with van der Waals surface area (Å²) >= 11 is 0. The van der Waals surface area contributed by atoms with Gasteiger partial charge in [0.05, 0.1) is 4.92 Å². The van der Waals surface area contributed by atoms with Crippen LogP contribution in [0.5, 0.6) is 0 Å². The topological polar surface area (TPSA) is 110 Å². The second-order valence-electron chi connectivity index (χ2n) is 8.13. The zero-order valence-corrected chi connectivity index (χ0v) is 17.6. The molecule has 32 heavy (non-hydrogen) atoms. The van der Waals surface area contributed by atoms with E-state index >= 15 is 0 Å². The fourth-order valence-electron chi connectivity index (χ4n) is 4.00. The number of rotatable bonds is 6. The van der Waals surface area contributed by atoms with E-state index in [4.69, 9.17) is 0 Å². The Morgan fingerprint density at radius 2 is 1.53 bits per heavy atom. The van der Waals surface area contributed by atoms with Crippen molar-refractivity contribution >= 4 is 39.9 Å². The standard InChI is InChI=1S/C24H21N3O5/c1-14(2)13-20(22(28)25-16-9-11-17(12-10-16)27(31)32)26-23(29)18-7-3-5-15-6-4-8-19(21(15)18)24(26)30/h3-12,14,20H,13H2,1-2H3,(H,25,28). The highest BCUT2D eigenvalue weighted by Gasteiger charge is 2.40. The fourth-order valence-corrected chi connectivity index (χ4v) is 4.00. The quantitative estimate of drug-likeness (QED) is 0.353. The van der Waals surface area contributed by atoms with Crippen molar-refractivity contribution < 1.29 is 19.3 Å². The first-order chi connectivity index (χ1) is 15.3. The van der Waals surface area contributed by atoms with Crippen molar-refractivity contribution in [1.82, 2.24) is 4.90 Å². The first kappa shape index (κ1) is 21.2. The molecule has 0 saturated carbocycles. The molecule has 1 atom stereocenters. The minimum absolute atomic E-state index is 0.0242. The van der Waals surface area contributed by atoms with Crippen molar-refractivity contribution in [3.8, 4) is 0 Å². The zero-order chi connectivity index (χ0) is 23.0. The van der Waals surface area contributed by atoms with Gasteiger partial charge in [-0.25, -0.2) is 0 Å². The monoisotopic (exact) mass is 431 g/mol. The molecule has 0 aromatic heterocycles. The van der Waals surface area contributed by atoms with E-state index in [9.17, 15) is 24.5 Å². The van der Waals surface area contributed by atoms with Crippen LogP contribution >= 0.6 is 0 Å². The van der Waals surface area contributed by atoms with Crippen molar-refractivity contribution in [3.63, 3.8) is 0 Å². The van der Waals surface area contributed by atoms with Gasteiger partial charge in [-0.2, -0.15) is 0 Å². The number of hydrogen-bond acceptors (Lipinski definition) is 5. The Balaban J connectivity index is 1.70. The van der Waals surface area contributed by atoms with Gasteiger partial charge in [-0.05, 0) is 42.0 Å². The summed E-state index contributed by atoms with van der Waals surface area (Å²) in [5, 5.41) is 14.9. The molecule has 1 aliphatic rings. The van der Waals surface area contributed by atoms with Crippen LogP contribution in [0.3, 0.4) is 0 Å². The predicted molar refractivity (Wildman–Crippen MR) is 119 cm³/mol. The van der Waals surface area contributed by atoms with E-state index in [0.29, 0.717) is 22.2 Å². The molecule has 0 saturated heterocycles. The van der Waals surface area contributed by atoms with Crippen LogP contribution in [0.25, 0.3) is 10.8 Å². The lowest BCUT2D eigenvalue weighted by molar-refractivity contribution is -0.384. The van der Waals surface area contributed by atoms with Crippen molar-refractivity contribution in [2.45, 2.75) is 26.3 Å². The van der Waals surface area contributed by atoms with Gasteiger partial charge in [-0.1, -0.05) is 38.1 Å². The van der Waals surface area contributed by atoms with Gasteiger partial charge < -0.3 is 5.32 Å². The Kier molecular flexibility index (Phi) is 5.44. The molecule has 162 valence electrons. The normalized spacial score (nSPS) is 14.0. The second kappa shape index (κ2) is 8.22. The third-order valence-electron chi connectivity index (χ3n) is 5.46. The largest absolute Gasteiger partial charge is 0.324 e. The van der Waals surface area contributed by atoms with Gasteiger partial charge in [0, 0.05) is 34.3 Å². The third kappa shape index (κ3) is 3.71. The summed E-state index contributed by atoms with van der Waals surface area (Å²) in [4.78, 5) is 51.3. The van der Waals surface area contributed by atoms with Crippen LogP contribution in [0.15, 0.2) is 60.7 Å². The number of amides is 3. The maximum Gasteiger partial charge on any atom is 0.269 e. The molecule has 8 nitrogen and oxygen atoms in total. The first-order valence-electron chi connectivity index (χ1n) is 10.2. The maximum absolute atomic E-state index is 13.4. The van der Waals surface area contributed by atoms with Crippen LogP contribution in [0, 0.1) is 16.0 Å². The Labute approximate surface area is 184 Å². The summed E-state index contributed by atoms with van der Waals surface area (Å²) in [7, 11) is 0. The van der Waals surface area contributed by atoms with Gasteiger partial charge in [0.15, 0.2) is 0 Å². The van der Waals surface area contributed by atoms with Crippen LogP contribution in [-0.4, -0.2) is 33.6 Å². The van der Waals surface area contributed by atoms with E-state index < -0.39 is 28.7 Å². The molecule has 0 spiro atoms. The molecule has 1 aliphatic heterocycles. The number of hydrogen-bond donors (Lipinski definition) is 1. The summed E-state index contributed by atoms with van der Waals surface area (Å²) in [6.45, 7) is 3.81. The van der Waals surface area contributed by atoms with E-state index in [1.165, 1.54) is 24.3 Å². The molecule has 3 amide bonds. The number of imide groups is 1. The van der Waals surface area contributed by atoms with Gasteiger partial charge >= 0.3 is 0 Å². The minimum atomic E-state index is -1.03. The summed E-state index contributed by atoms with van der Waals surface area (Å²) in [5.41, 5.74) is 1.01. The molecule has 3 aromatic rings. The van der Waals surface area contributed by atoms with E-state index in [1.807, 2.05) is 26.0 Å². The number of nitrogens with one attached hydrogen (secondary N) is 1. The smallest absolute Gasteiger partial charge is 0.269 e. The van der Waals surface area contributed by atoms with Gasteiger partial charge in [0.25, 0.3) is 17.5 Å². The van der Waals surface area contributed by atoms with Crippen LogP contribution in [0.2, 0.25) is 0 Å². The van der Waals surface area contributed by atoms with E-state index in [-0.39, 0.29) is 18.0 Å². The Bertz CT molecular complexity index is 1200. The third-order valence-corrected chi connectivity index (χ3v) is 5.46. The zero-order valence-electron chi connectivity index (χ0n) is 17.6. The Morgan fingerprint density at radius 1 is 0.969 bits per heavy atom. The molecular formula is C24H21N3O5. The molecule has 8 heteroatoms. The number of nitrogens with zero attached hydrogens (tertiary/aromatic N) is 2. The average Bonchev–Trinajstić information content (AvgIpc) is 2.76. The van der Waals surface area contributed by atoms with Gasteiger partial charge in [0.1, 0.15) is 6.04 Å². The van der Waals surface area contributed by atoms with Gasteiger partial charge in [0.2, 0.25) is 5.91 Å². The summed E-state index contributed by atoms with van der Waals surface area (Å²) in [6.07, 6.45) is 0.272. The highest BCUT2D eigenvalue weighted by atomic mass is 16.6. The molecule has 1 heterocycles. The summed E-state index contributed by atoms with van der Waals surface area (Å²) in [6, 6.07) is 14.9. The number of nitro groups is 1. The Morgan fingerprint density at radius 3 is 2.03 bits per heavy atom. The number of nitro benzene ring substituents is 1. The molecule has 0 fully saturated rings. The number of carbonyl (C=O) groups excluding carboxylic acids is 3. The maximum atomic E-state index is 13.4. The summed E-state index contributed by atoms with van der Waals surface area (Å²) in [5.74, 6) is -1.52. The van der Waals surface area contributed by atoms with E-state index in [1.54, 1.807) is 24.3 Å². The highest BCUT2D eigenvalue weighted by molar-refractivity contribution is 6.26. The van der Waals surface area contributed by atoms with Crippen molar-refractivity contribution in [1.29, 1.82) is 0 Å². The second-order valence-corrected chi connectivity index (χ2v) is 8.13. The molecule has 3 aromatic carbocycles. The lowest BCUT2D eigenvalue weighted by atomic mass is 9.91. The van der Waals surface area contributed by atoms with Crippen LogP contribution < -0.4 is 5.32 Å². The highest BCUT2D eigenvalue weighted by Crippen LogP contribution is 2.32. The van der Waals surface area contributed by atoms with Crippen LogP contribution in [0.4, 0.5) is 11.4 Å². The van der Waals surface area contributed by atoms with Crippen molar-refractivity contribution in [2.24, 2.45) is 5.92 Å². The lowest BCUT2D eigenvalue weighted by Crippen LogP contribution is -2.52. The number of benzene rings is 3. The molecular weight excluding hydrogens is 410 g/mol. The molecule has 0 bridgehead atoms. The predicted octanol–water partition coefficient (Wildman–Crippen LogP) is 4.40. The van der Waals surface area contributed by atoms with Gasteiger partial charge in [-0.15, -0.1) is 0 Å². The average molecular weight is 431 g/mol. The Hall–Kier alpha value is -4.07. The summed E-state index contributed by atoms with van der Waals surface area (Å²) < 4.78 is 0. The lowest BCUT2D eigenvalue weighted by Gasteiger charge is -2.33. The van der Waals surface area contributed by atoms with E-state index in [2.05, 4.69) is 5.32 Å². The van der Waals surface area contributed by atoms with Crippen molar-refractivity contribution in [2.75, 3.05) is 5.32 Å². The molecule has 1 N–H and O–H groups in total. The first-order valence-corrected chi connectivity index (χ1v) is 10.2. The van der Waals surface area contributed by atoms with Crippen LogP contribution in [-0.2, 0) is 4.79 Å². The van der Waals surface area contributed by atoms with Crippen LogP contribution in [0.1, 0.15) is 41.0 Å². The van der Waals surface area contributed by atoms with Gasteiger partial charge in [-0.3, -0.25) is 29.4 Å². The number of anilines is 1. The van der Waals surface area contributed by atoms with Crippen molar-refractivity contribution in [3.05, 3.63) is 81.9 Å². The molecule has 1 unspecified atom stereocenters.